The van der Waals surface area contributed by atoms with E-state index in [4.69, 9.17) is 5.11 Å². The normalized spacial score (nSPS) is 13.1. The summed E-state index contributed by atoms with van der Waals surface area (Å²) in [5, 5.41) is 13.4. The summed E-state index contributed by atoms with van der Waals surface area (Å²) < 4.78 is 3.32. The van der Waals surface area contributed by atoms with E-state index in [9.17, 15) is 4.79 Å². The van der Waals surface area contributed by atoms with Gasteiger partial charge in [-0.25, -0.2) is 4.52 Å². The van der Waals surface area contributed by atoms with Crippen LogP contribution in [0.15, 0.2) is 23.3 Å². The van der Waals surface area contributed by atoms with Crippen LogP contribution in [0.1, 0.15) is 31.9 Å². The van der Waals surface area contributed by atoms with Crippen molar-refractivity contribution < 1.29 is 5.11 Å². The summed E-state index contributed by atoms with van der Waals surface area (Å²) in [4.78, 5) is 12.1. The van der Waals surface area contributed by atoms with Crippen LogP contribution in [0.2, 0.25) is 0 Å². The van der Waals surface area contributed by atoms with E-state index in [1.807, 2.05) is 6.92 Å². The number of hydrogen-bond donors (Lipinski definition) is 1. The molecule has 0 bridgehead atoms. The second kappa shape index (κ2) is 5.35. The molecule has 2 aromatic heterocycles. The van der Waals surface area contributed by atoms with Gasteiger partial charge in [0.1, 0.15) is 5.52 Å². The van der Waals surface area contributed by atoms with Crippen LogP contribution in [-0.4, -0.2) is 25.4 Å². The molecule has 0 aliphatic carbocycles. The molecule has 0 aromatic carbocycles. The standard InChI is InChI=1S/C13H19N3O2/c1-10-9-12-13(18)15(7-8-16(12)14-10)6-4-3-5-11(2)17/h7-9,11,17H,3-6H2,1-2H3. The fraction of sp³-hybridized carbons (Fsp3) is 0.538. The lowest BCUT2D eigenvalue weighted by molar-refractivity contribution is 0.180. The molecule has 2 rings (SSSR count). The Kier molecular flexibility index (Phi) is 3.81. The van der Waals surface area contributed by atoms with Crippen LogP contribution in [0, 0.1) is 6.92 Å². The van der Waals surface area contributed by atoms with E-state index >= 15 is 0 Å². The minimum absolute atomic E-state index is 0.00449. The van der Waals surface area contributed by atoms with E-state index in [-0.39, 0.29) is 11.7 Å². The van der Waals surface area contributed by atoms with Crippen LogP contribution >= 0.6 is 0 Å². The number of fused-ring (bicyclic) bond motifs is 1. The number of hydrogen-bond acceptors (Lipinski definition) is 3. The van der Waals surface area contributed by atoms with Gasteiger partial charge in [0, 0.05) is 18.9 Å². The van der Waals surface area contributed by atoms with Crippen molar-refractivity contribution in [3.8, 4) is 0 Å². The molecule has 2 heterocycles. The largest absolute Gasteiger partial charge is 0.393 e. The highest BCUT2D eigenvalue weighted by atomic mass is 16.3. The maximum Gasteiger partial charge on any atom is 0.276 e. The van der Waals surface area contributed by atoms with Crippen molar-refractivity contribution in [3.05, 3.63) is 34.5 Å². The van der Waals surface area contributed by atoms with Gasteiger partial charge in [-0.3, -0.25) is 4.79 Å². The Bertz CT molecular complexity index is 583. The van der Waals surface area contributed by atoms with E-state index in [0.717, 1.165) is 25.0 Å². The third-order valence-corrected chi connectivity index (χ3v) is 3.00. The summed E-state index contributed by atoms with van der Waals surface area (Å²) >= 11 is 0. The average Bonchev–Trinajstić information content (AvgIpc) is 2.68. The van der Waals surface area contributed by atoms with Gasteiger partial charge in [0.25, 0.3) is 5.56 Å². The van der Waals surface area contributed by atoms with Crippen molar-refractivity contribution in [1.29, 1.82) is 0 Å². The van der Waals surface area contributed by atoms with Crippen molar-refractivity contribution >= 4 is 5.52 Å². The average molecular weight is 249 g/mol. The SMILES string of the molecule is Cc1cc2c(=O)n(CCCCC(C)O)ccn2n1. The molecule has 0 amide bonds. The smallest absolute Gasteiger partial charge is 0.276 e. The molecule has 0 saturated carbocycles. The highest BCUT2D eigenvalue weighted by molar-refractivity contribution is 5.44. The first-order chi connectivity index (χ1) is 8.58. The Morgan fingerprint density at radius 1 is 1.39 bits per heavy atom. The van der Waals surface area contributed by atoms with E-state index in [0.29, 0.717) is 12.1 Å². The molecule has 1 N–H and O–H groups in total. The maximum atomic E-state index is 12.1. The summed E-state index contributed by atoms with van der Waals surface area (Å²) in [5.41, 5.74) is 1.46. The second-order valence-corrected chi connectivity index (χ2v) is 4.76. The van der Waals surface area contributed by atoms with Crippen molar-refractivity contribution in [2.45, 2.75) is 45.8 Å². The highest BCUT2D eigenvalue weighted by Gasteiger charge is 2.05. The lowest BCUT2D eigenvalue weighted by Crippen LogP contribution is -2.21. The highest BCUT2D eigenvalue weighted by Crippen LogP contribution is 2.03. The lowest BCUT2D eigenvalue weighted by Gasteiger charge is -2.07. The molecule has 98 valence electrons. The fourth-order valence-corrected chi connectivity index (χ4v) is 2.05. The predicted octanol–water partition coefficient (Wildman–Crippen LogP) is 1.36. The van der Waals surface area contributed by atoms with Crippen molar-refractivity contribution in [2.24, 2.45) is 0 Å². The zero-order valence-electron chi connectivity index (χ0n) is 10.8. The van der Waals surface area contributed by atoms with E-state index in [1.165, 1.54) is 0 Å². The van der Waals surface area contributed by atoms with Crippen molar-refractivity contribution in [2.75, 3.05) is 0 Å². The first kappa shape index (κ1) is 12.8. The van der Waals surface area contributed by atoms with Gasteiger partial charge < -0.3 is 9.67 Å². The van der Waals surface area contributed by atoms with Gasteiger partial charge in [0.05, 0.1) is 11.8 Å². The quantitative estimate of drug-likeness (QED) is 0.814. The van der Waals surface area contributed by atoms with Gasteiger partial charge in [0.2, 0.25) is 0 Å². The zero-order chi connectivity index (χ0) is 13.1. The second-order valence-electron chi connectivity index (χ2n) is 4.76. The molecule has 0 saturated heterocycles. The number of aromatic nitrogens is 3. The van der Waals surface area contributed by atoms with Crippen LogP contribution in [0.25, 0.3) is 5.52 Å². The van der Waals surface area contributed by atoms with Gasteiger partial charge in [-0.15, -0.1) is 0 Å². The molecule has 2 aromatic rings. The monoisotopic (exact) mass is 249 g/mol. The summed E-state index contributed by atoms with van der Waals surface area (Å²) in [6, 6.07) is 1.80. The maximum absolute atomic E-state index is 12.1. The summed E-state index contributed by atoms with van der Waals surface area (Å²) in [6.07, 6.45) is 5.91. The van der Waals surface area contributed by atoms with E-state index in [1.54, 1.807) is 34.5 Å². The Morgan fingerprint density at radius 3 is 2.89 bits per heavy atom. The molecule has 5 heteroatoms. The number of unbranched alkanes of at least 4 members (excludes halogenated alkanes) is 1. The van der Waals surface area contributed by atoms with Crippen molar-refractivity contribution in [1.82, 2.24) is 14.2 Å². The number of nitrogens with zero attached hydrogens (tertiary/aromatic N) is 3. The van der Waals surface area contributed by atoms with Gasteiger partial charge >= 0.3 is 0 Å². The number of aliphatic hydroxyl groups excluding tert-OH is 1. The molecule has 0 radical (unpaired) electrons. The number of aryl methyl sites for hydroxylation is 2. The van der Waals surface area contributed by atoms with Crippen LogP contribution < -0.4 is 5.56 Å². The Labute approximate surface area is 106 Å². The number of aliphatic hydroxyl groups is 1. The molecule has 18 heavy (non-hydrogen) atoms. The molecule has 0 aliphatic heterocycles. The summed E-state index contributed by atoms with van der Waals surface area (Å²) in [6.45, 7) is 4.35. The van der Waals surface area contributed by atoms with E-state index < -0.39 is 0 Å². The Balaban J connectivity index is 2.09. The molecule has 1 atom stereocenters. The van der Waals surface area contributed by atoms with Crippen LogP contribution in [0.4, 0.5) is 0 Å². The lowest BCUT2D eigenvalue weighted by atomic mass is 10.2. The van der Waals surface area contributed by atoms with Crippen LogP contribution in [0.3, 0.4) is 0 Å². The molecule has 5 nitrogen and oxygen atoms in total. The first-order valence-electron chi connectivity index (χ1n) is 6.31. The van der Waals surface area contributed by atoms with Gasteiger partial charge in [-0.1, -0.05) is 0 Å². The topological polar surface area (TPSA) is 59.5 Å². The zero-order valence-corrected chi connectivity index (χ0v) is 10.8. The minimum Gasteiger partial charge on any atom is -0.393 e. The molecule has 0 spiro atoms. The van der Waals surface area contributed by atoms with E-state index in [2.05, 4.69) is 5.10 Å². The Hall–Kier alpha value is -1.62. The fourth-order valence-electron chi connectivity index (χ4n) is 2.05. The van der Waals surface area contributed by atoms with Crippen molar-refractivity contribution in [3.63, 3.8) is 0 Å². The van der Waals surface area contributed by atoms with Gasteiger partial charge in [0.15, 0.2) is 0 Å². The molecular formula is C13H19N3O2. The minimum atomic E-state index is -0.262. The molecule has 1 unspecified atom stereocenters. The van der Waals surface area contributed by atoms with Crippen LogP contribution in [-0.2, 0) is 6.54 Å². The molecule has 0 fully saturated rings. The molecule has 0 aliphatic rings. The Morgan fingerprint density at radius 2 is 2.17 bits per heavy atom. The number of rotatable bonds is 5. The third kappa shape index (κ3) is 2.79. The molecular weight excluding hydrogens is 230 g/mol. The third-order valence-electron chi connectivity index (χ3n) is 3.00. The van der Waals surface area contributed by atoms with Crippen LogP contribution in [0.5, 0.6) is 0 Å². The van der Waals surface area contributed by atoms with Gasteiger partial charge in [-0.05, 0) is 39.2 Å². The van der Waals surface area contributed by atoms with Gasteiger partial charge in [-0.2, -0.15) is 5.10 Å². The summed E-state index contributed by atoms with van der Waals surface area (Å²) in [5.74, 6) is 0. The summed E-state index contributed by atoms with van der Waals surface area (Å²) in [7, 11) is 0. The first-order valence-corrected chi connectivity index (χ1v) is 6.31. The predicted molar refractivity (Wildman–Crippen MR) is 69.7 cm³/mol.